The minimum Gasteiger partial charge on any atom is -0.469 e. The molecule has 0 aromatic carbocycles. The second-order valence-corrected chi connectivity index (χ2v) is 9.36. The molecule has 30 heavy (non-hydrogen) atoms. The summed E-state index contributed by atoms with van der Waals surface area (Å²) in [6.45, 7) is 11.3. The van der Waals surface area contributed by atoms with E-state index >= 15 is 0 Å². The highest BCUT2D eigenvalue weighted by molar-refractivity contribution is 7.14. The first kappa shape index (κ1) is 22.5. The van der Waals surface area contributed by atoms with Crippen LogP contribution in [-0.4, -0.2) is 47.4 Å². The second-order valence-electron chi connectivity index (χ2n) is 8.50. The largest absolute Gasteiger partial charge is 0.469 e. The van der Waals surface area contributed by atoms with Crippen LogP contribution in [0.3, 0.4) is 0 Å². The van der Waals surface area contributed by atoms with Crippen molar-refractivity contribution >= 4 is 28.3 Å². The van der Waals surface area contributed by atoms with Crippen LogP contribution in [-0.2, 0) is 11.2 Å². The molecule has 2 N–H and O–H groups in total. The van der Waals surface area contributed by atoms with E-state index in [1.165, 1.54) is 30.4 Å². The van der Waals surface area contributed by atoms with Crippen LogP contribution in [0.2, 0.25) is 0 Å². The Bertz CT molecular complexity index is 852. The summed E-state index contributed by atoms with van der Waals surface area (Å²) in [6.07, 6.45) is 4.14. The van der Waals surface area contributed by atoms with Gasteiger partial charge in [0.05, 0.1) is 23.9 Å². The van der Waals surface area contributed by atoms with Crippen LogP contribution in [0.25, 0.3) is 0 Å². The van der Waals surface area contributed by atoms with Gasteiger partial charge in [0.2, 0.25) is 5.91 Å². The molecule has 8 heteroatoms. The van der Waals surface area contributed by atoms with Gasteiger partial charge in [-0.15, -0.1) is 11.3 Å². The first-order chi connectivity index (χ1) is 14.3. The molecule has 2 amide bonds. The number of hydrogen-bond acceptors (Lipinski definition) is 6. The SMILES string of the molecule is Cc1occc1C(=O)Nc1nc(CC(=O)NC[C@@H](C(C)C)N2CCC(C)CC2)cs1. The van der Waals surface area contributed by atoms with E-state index in [0.717, 1.165) is 19.0 Å². The summed E-state index contributed by atoms with van der Waals surface area (Å²) in [6, 6.07) is 1.98. The molecule has 1 saturated heterocycles. The predicted octanol–water partition coefficient (Wildman–Crippen LogP) is 3.71. The second kappa shape index (κ2) is 10.2. The Labute approximate surface area is 182 Å². The fourth-order valence-electron chi connectivity index (χ4n) is 3.82. The molecule has 1 fully saturated rings. The van der Waals surface area contributed by atoms with Gasteiger partial charge in [-0.3, -0.25) is 19.8 Å². The molecular weight excluding hydrogens is 400 g/mol. The number of piperidine rings is 1. The van der Waals surface area contributed by atoms with E-state index in [1.807, 2.05) is 5.38 Å². The average Bonchev–Trinajstić information content (AvgIpc) is 3.31. The number of amides is 2. The van der Waals surface area contributed by atoms with Crippen molar-refractivity contribution < 1.29 is 14.0 Å². The standard InChI is InChI=1S/C22H32N4O3S/c1-14(2)19(26-8-5-15(3)6-9-26)12-23-20(27)11-17-13-30-22(24-17)25-21(28)18-7-10-29-16(18)4/h7,10,13-15,19H,5-6,8-9,11-12H2,1-4H3,(H,23,27)(H,24,25,28)/t19-/m0/s1. The van der Waals surface area contributed by atoms with E-state index in [4.69, 9.17) is 4.42 Å². The maximum absolute atomic E-state index is 12.5. The Morgan fingerprint density at radius 3 is 2.70 bits per heavy atom. The van der Waals surface area contributed by atoms with Crippen LogP contribution in [0.1, 0.15) is 55.4 Å². The van der Waals surface area contributed by atoms with Gasteiger partial charge in [-0.05, 0) is 50.8 Å². The minimum atomic E-state index is -0.262. The molecule has 1 aliphatic heterocycles. The summed E-state index contributed by atoms with van der Waals surface area (Å²) < 4.78 is 5.16. The highest BCUT2D eigenvalue weighted by atomic mass is 32.1. The Morgan fingerprint density at radius 1 is 1.33 bits per heavy atom. The number of rotatable bonds is 8. The maximum atomic E-state index is 12.5. The molecule has 2 aromatic rings. The number of furan rings is 1. The molecule has 0 unspecified atom stereocenters. The molecule has 7 nitrogen and oxygen atoms in total. The smallest absolute Gasteiger partial charge is 0.260 e. The summed E-state index contributed by atoms with van der Waals surface area (Å²) in [5, 5.41) is 8.13. The fourth-order valence-corrected chi connectivity index (χ4v) is 4.53. The van der Waals surface area contributed by atoms with Gasteiger partial charge in [0, 0.05) is 18.0 Å². The normalized spacial score (nSPS) is 16.6. The Morgan fingerprint density at radius 2 is 2.07 bits per heavy atom. The highest BCUT2D eigenvalue weighted by Gasteiger charge is 2.26. The molecule has 0 radical (unpaired) electrons. The van der Waals surface area contributed by atoms with E-state index in [2.05, 4.69) is 41.3 Å². The first-order valence-corrected chi connectivity index (χ1v) is 11.5. The van der Waals surface area contributed by atoms with Gasteiger partial charge in [0.25, 0.3) is 5.91 Å². The lowest BCUT2D eigenvalue weighted by Gasteiger charge is -2.38. The van der Waals surface area contributed by atoms with Crippen molar-refractivity contribution in [2.45, 2.75) is 53.0 Å². The van der Waals surface area contributed by atoms with Crippen molar-refractivity contribution in [1.29, 1.82) is 0 Å². The third-order valence-electron chi connectivity index (χ3n) is 5.78. The highest BCUT2D eigenvalue weighted by Crippen LogP contribution is 2.21. The van der Waals surface area contributed by atoms with Gasteiger partial charge in [-0.25, -0.2) is 4.98 Å². The number of nitrogens with zero attached hydrogens (tertiary/aromatic N) is 2. The van der Waals surface area contributed by atoms with Gasteiger partial charge in [-0.1, -0.05) is 20.8 Å². The zero-order chi connectivity index (χ0) is 21.7. The van der Waals surface area contributed by atoms with Crippen LogP contribution < -0.4 is 10.6 Å². The number of thiazole rings is 1. The Hall–Kier alpha value is -2.19. The van der Waals surface area contributed by atoms with Crippen molar-refractivity contribution in [3.8, 4) is 0 Å². The monoisotopic (exact) mass is 432 g/mol. The number of aryl methyl sites for hydroxylation is 1. The third kappa shape index (κ3) is 5.92. The maximum Gasteiger partial charge on any atom is 0.260 e. The van der Waals surface area contributed by atoms with Gasteiger partial charge < -0.3 is 9.73 Å². The average molecular weight is 433 g/mol. The Balaban J connectivity index is 1.49. The van der Waals surface area contributed by atoms with Gasteiger partial charge in [0.1, 0.15) is 5.76 Å². The molecule has 3 heterocycles. The zero-order valence-electron chi connectivity index (χ0n) is 18.2. The number of nitrogens with one attached hydrogen (secondary N) is 2. The molecule has 1 atom stereocenters. The van der Waals surface area contributed by atoms with Crippen molar-refractivity contribution in [3.05, 3.63) is 34.7 Å². The summed E-state index contributed by atoms with van der Waals surface area (Å²) in [5.41, 5.74) is 1.14. The van der Waals surface area contributed by atoms with Gasteiger partial charge >= 0.3 is 0 Å². The lowest BCUT2D eigenvalue weighted by atomic mass is 9.94. The fraction of sp³-hybridized carbons (Fsp3) is 0.591. The number of likely N-dealkylation sites (tertiary alicyclic amines) is 1. The van der Waals surface area contributed by atoms with Crippen LogP contribution in [0.4, 0.5) is 5.13 Å². The first-order valence-electron chi connectivity index (χ1n) is 10.6. The minimum absolute atomic E-state index is 0.0418. The number of aromatic nitrogens is 1. The summed E-state index contributed by atoms with van der Waals surface area (Å²) >= 11 is 1.31. The van der Waals surface area contributed by atoms with E-state index in [9.17, 15) is 9.59 Å². The van der Waals surface area contributed by atoms with E-state index < -0.39 is 0 Å². The molecule has 2 aromatic heterocycles. The quantitative estimate of drug-likeness (QED) is 0.664. The van der Waals surface area contributed by atoms with Gasteiger partial charge in [0.15, 0.2) is 5.13 Å². The number of carbonyl (C=O) groups is 2. The van der Waals surface area contributed by atoms with Crippen molar-refractivity contribution in [2.24, 2.45) is 11.8 Å². The zero-order valence-corrected chi connectivity index (χ0v) is 19.1. The van der Waals surface area contributed by atoms with E-state index in [1.54, 1.807) is 13.0 Å². The van der Waals surface area contributed by atoms with Gasteiger partial charge in [-0.2, -0.15) is 0 Å². The molecule has 0 bridgehead atoms. The van der Waals surface area contributed by atoms with Crippen LogP contribution in [0.5, 0.6) is 0 Å². The summed E-state index contributed by atoms with van der Waals surface area (Å²) in [7, 11) is 0. The molecule has 0 saturated carbocycles. The van der Waals surface area contributed by atoms with E-state index in [-0.39, 0.29) is 18.2 Å². The predicted molar refractivity (Wildman–Crippen MR) is 119 cm³/mol. The molecule has 0 spiro atoms. The molecule has 1 aliphatic rings. The van der Waals surface area contributed by atoms with Crippen molar-refractivity contribution in [2.75, 3.05) is 25.0 Å². The van der Waals surface area contributed by atoms with Crippen LogP contribution in [0, 0.1) is 18.8 Å². The lowest BCUT2D eigenvalue weighted by Crippen LogP contribution is -2.49. The van der Waals surface area contributed by atoms with E-state index in [0.29, 0.717) is 40.7 Å². The lowest BCUT2D eigenvalue weighted by molar-refractivity contribution is -0.120. The summed E-state index contributed by atoms with van der Waals surface area (Å²) in [5.74, 6) is 1.53. The van der Waals surface area contributed by atoms with Crippen molar-refractivity contribution in [3.63, 3.8) is 0 Å². The molecule has 0 aliphatic carbocycles. The number of anilines is 1. The molecule has 3 rings (SSSR count). The third-order valence-corrected chi connectivity index (χ3v) is 6.59. The Kier molecular flexibility index (Phi) is 7.66. The van der Waals surface area contributed by atoms with Crippen LogP contribution >= 0.6 is 11.3 Å². The number of carbonyl (C=O) groups excluding carboxylic acids is 2. The van der Waals surface area contributed by atoms with Crippen molar-refractivity contribution in [1.82, 2.24) is 15.2 Å². The number of hydrogen-bond donors (Lipinski definition) is 2. The molecule has 164 valence electrons. The molecular formula is C22H32N4O3S. The summed E-state index contributed by atoms with van der Waals surface area (Å²) in [4.78, 5) is 31.6. The topological polar surface area (TPSA) is 87.5 Å². The van der Waals surface area contributed by atoms with Crippen LogP contribution in [0.15, 0.2) is 22.1 Å².